The Bertz CT molecular complexity index is 767. The number of hydrogen-bond acceptors (Lipinski definition) is 6. The number of rotatable bonds is 3. The maximum atomic E-state index is 12.3. The van der Waals surface area contributed by atoms with E-state index < -0.39 is 0 Å². The summed E-state index contributed by atoms with van der Waals surface area (Å²) in [6, 6.07) is 1.63. The van der Waals surface area contributed by atoms with Crippen LogP contribution in [-0.4, -0.2) is 39.6 Å². The molecule has 0 aromatic carbocycles. The minimum atomic E-state index is -0.201. The lowest BCUT2D eigenvalue weighted by Crippen LogP contribution is -2.36. The second-order valence-electron chi connectivity index (χ2n) is 6.32. The molecule has 0 spiro atoms. The van der Waals surface area contributed by atoms with E-state index in [9.17, 15) is 9.59 Å². The average molecular weight is 361 g/mol. The van der Waals surface area contributed by atoms with Crippen molar-refractivity contribution in [2.45, 2.75) is 44.7 Å². The number of urea groups is 1. The van der Waals surface area contributed by atoms with E-state index in [2.05, 4.69) is 20.8 Å². The third kappa shape index (κ3) is 3.51. The van der Waals surface area contributed by atoms with Crippen LogP contribution in [0.3, 0.4) is 0 Å². The van der Waals surface area contributed by atoms with Crippen molar-refractivity contribution >= 4 is 28.4 Å². The first-order chi connectivity index (χ1) is 12.2. The molecule has 2 aliphatic rings. The Balaban J connectivity index is 1.38. The highest BCUT2D eigenvalue weighted by atomic mass is 32.1. The van der Waals surface area contributed by atoms with Crippen LogP contribution in [0.2, 0.25) is 0 Å². The summed E-state index contributed by atoms with van der Waals surface area (Å²) < 4.78 is 4.94. The van der Waals surface area contributed by atoms with Gasteiger partial charge in [0.15, 0.2) is 5.13 Å². The van der Waals surface area contributed by atoms with Gasteiger partial charge in [0.05, 0.1) is 18.4 Å². The van der Waals surface area contributed by atoms with Gasteiger partial charge in [-0.15, -0.1) is 0 Å². The van der Waals surface area contributed by atoms with Crippen molar-refractivity contribution in [2.24, 2.45) is 0 Å². The zero-order valence-electron chi connectivity index (χ0n) is 13.7. The van der Waals surface area contributed by atoms with Gasteiger partial charge in [0.25, 0.3) is 5.91 Å². The number of fused-ring (bicyclic) bond motifs is 1. The van der Waals surface area contributed by atoms with E-state index in [1.807, 2.05) is 0 Å². The Kier molecular flexibility index (Phi) is 4.39. The van der Waals surface area contributed by atoms with Crippen LogP contribution < -0.4 is 10.6 Å². The summed E-state index contributed by atoms with van der Waals surface area (Å²) in [6.07, 6.45) is 6.55. The summed E-state index contributed by atoms with van der Waals surface area (Å²) >= 11 is 1.42. The molecular formula is C16H19N5O3S. The highest BCUT2D eigenvalue weighted by molar-refractivity contribution is 7.15. The van der Waals surface area contributed by atoms with Gasteiger partial charge < -0.3 is 14.7 Å². The number of aromatic nitrogens is 2. The molecule has 1 fully saturated rings. The number of nitrogens with zero attached hydrogens (tertiary/aromatic N) is 3. The Hall–Kier alpha value is -2.42. The second-order valence-corrected chi connectivity index (χ2v) is 7.41. The zero-order chi connectivity index (χ0) is 17.2. The molecule has 9 heteroatoms. The molecule has 132 valence electrons. The molecule has 1 aliphatic heterocycles. The molecular weight excluding hydrogens is 342 g/mol. The van der Waals surface area contributed by atoms with Crippen molar-refractivity contribution in [3.05, 3.63) is 28.6 Å². The van der Waals surface area contributed by atoms with Gasteiger partial charge in [-0.2, -0.15) is 0 Å². The fourth-order valence-electron chi connectivity index (χ4n) is 3.29. The zero-order valence-corrected chi connectivity index (χ0v) is 14.5. The summed E-state index contributed by atoms with van der Waals surface area (Å²) in [5, 5.41) is 9.96. The van der Waals surface area contributed by atoms with Gasteiger partial charge >= 0.3 is 6.03 Å². The molecule has 0 saturated heterocycles. The highest BCUT2D eigenvalue weighted by Crippen LogP contribution is 2.29. The lowest BCUT2D eigenvalue weighted by molar-refractivity contribution is 0.0694. The number of carbonyl (C=O) groups excluding carboxylic acids is 2. The lowest BCUT2D eigenvalue weighted by atomic mass is 10.1. The van der Waals surface area contributed by atoms with Gasteiger partial charge in [0.1, 0.15) is 0 Å². The smallest absolute Gasteiger partial charge is 0.321 e. The maximum Gasteiger partial charge on any atom is 0.321 e. The molecule has 2 aromatic heterocycles. The van der Waals surface area contributed by atoms with E-state index >= 15 is 0 Å². The Morgan fingerprint density at radius 1 is 1.32 bits per heavy atom. The maximum absolute atomic E-state index is 12.3. The summed E-state index contributed by atoms with van der Waals surface area (Å²) in [5.74, 6) is 0.0623. The van der Waals surface area contributed by atoms with Crippen LogP contribution in [0.5, 0.6) is 0 Å². The summed E-state index contributed by atoms with van der Waals surface area (Å²) in [4.78, 5) is 31.6. The second kappa shape index (κ2) is 6.83. The molecule has 25 heavy (non-hydrogen) atoms. The molecule has 2 aromatic rings. The Labute approximate surface area is 148 Å². The molecule has 4 rings (SSSR count). The first-order valence-corrected chi connectivity index (χ1v) is 9.27. The predicted octanol–water partition coefficient (Wildman–Crippen LogP) is 2.39. The molecule has 0 radical (unpaired) electrons. The van der Waals surface area contributed by atoms with E-state index in [1.165, 1.54) is 30.4 Å². The van der Waals surface area contributed by atoms with Crippen molar-refractivity contribution in [2.75, 3.05) is 11.9 Å². The minimum absolute atomic E-state index is 0.176. The first kappa shape index (κ1) is 16.1. The standard InChI is InChI=1S/C16H19N5O3S/c22-14(12-5-7-17-24-12)21-8-6-11-13(9-21)25-16(19-11)20-15(23)18-10-3-1-2-4-10/h5,7,10H,1-4,6,8-9H2,(H2,18,19,20,23). The van der Waals surface area contributed by atoms with Crippen molar-refractivity contribution < 1.29 is 14.1 Å². The molecule has 3 amide bonds. The molecule has 1 aliphatic carbocycles. The number of amides is 3. The van der Waals surface area contributed by atoms with Crippen molar-refractivity contribution in [1.82, 2.24) is 20.4 Å². The van der Waals surface area contributed by atoms with Crippen molar-refractivity contribution in [3.8, 4) is 0 Å². The van der Waals surface area contributed by atoms with Crippen LogP contribution in [-0.2, 0) is 13.0 Å². The molecule has 8 nitrogen and oxygen atoms in total. The molecule has 3 heterocycles. The van der Waals surface area contributed by atoms with Gasteiger partial charge in [-0.25, -0.2) is 9.78 Å². The van der Waals surface area contributed by atoms with Crippen LogP contribution >= 0.6 is 11.3 Å². The van der Waals surface area contributed by atoms with E-state index in [-0.39, 0.29) is 23.7 Å². The van der Waals surface area contributed by atoms with Gasteiger partial charge in [0.2, 0.25) is 5.76 Å². The average Bonchev–Trinajstić information content (AvgIpc) is 3.34. The number of hydrogen-bond donors (Lipinski definition) is 2. The SMILES string of the molecule is O=C(Nc1nc2c(s1)CN(C(=O)c1ccno1)CC2)NC1CCCC1. The fourth-order valence-corrected chi connectivity index (χ4v) is 4.31. The summed E-state index contributed by atoms with van der Waals surface area (Å²) in [7, 11) is 0. The third-order valence-electron chi connectivity index (χ3n) is 4.58. The Morgan fingerprint density at radius 3 is 2.92 bits per heavy atom. The van der Waals surface area contributed by atoms with E-state index in [0.717, 1.165) is 23.4 Å². The van der Waals surface area contributed by atoms with Crippen LogP contribution in [0.25, 0.3) is 0 Å². The van der Waals surface area contributed by atoms with E-state index in [0.29, 0.717) is 24.6 Å². The largest absolute Gasteiger partial charge is 0.351 e. The number of thiazole rings is 1. The number of anilines is 1. The van der Waals surface area contributed by atoms with Gasteiger partial charge in [-0.05, 0) is 12.8 Å². The Morgan fingerprint density at radius 2 is 2.16 bits per heavy atom. The van der Waals surface area contributed by atoms with Crippen molar-refractivity contribution in [1.29, 1.82) is 0 Å². The van der Waals surface area contributed by atoms with Crippen LogP contribution in [0.4, 0.5) is 9.93 Å². The number of nitrogens with one attached hydrogen (secondary N) is 2. The fraction of sp³-hybridized carbons (Fsp3) is 0.500. The first-order valence-electron chi connectivity index (χ1n) is 8.45. The van der Waals surface area contributed by atoms with Gasteiger partial charge in [-0.1, -0.05) is 29.3 Å². The molecule has 2 N–H and O–H groups in total. The molecule has 1 saturated carbocycles. The van der Waals surface area contributed by atoms with Crippen molar-refractivity contribution in [3.63, 3.8) is 0 Å². The molecule has 0 unspecified atom stereocenters. The van der Waals surface area contributed by atoms with Gasteiger partial charge in [0, 0.05) is 30.0 Å². The van der Waals surface area contributed by atoms with E-state index in [1.54, 1.807) is 11.0 Å². The van der Waals surface area contributed by atoms with Gasteiger partial charge in [-0.3, -0.25) is 10.1 Å². The monoisotopic (exact) mass is 361 g/mol. The highest BCUT2D eigenvalue weighted by Gasteiger charge is 2.27. The number of carbonyl (C=O) groups is 2. The minimum Gasteiger partial charge on any atom is -0.351 e. The molecule has 0 atom stereocenters. The van der Waals surface area contributed by atoms with Crippen LogP contribution in [0.1, 0.15) is 46.8 Å². The van der Waals surface area contributed by atoms with Crippen LogP contribution in [0, 0.1) is 0 Å². The summed E-state index contributed by atoms with van der Waals surface area (Å²) in [5.41, 5.74) is 0.947. The molecule has 0 bridgehead atoms. The topological polar surface area (TPSA) is 100 Å². The van der Waals surface area contributed by atoms with Crippen LogP contribution in [0.15, 0.2) is 16.8 Å². The normalized spacial score (nSPS) is 17.4. The lowest BCUT2D eigenvalue weighted by Gasteiger charge is -2.24. The quantitative estimate of drug-likeness (QED) is 0.874. The van der Waals surface area contributed by atoms with E-state index in [4.69, 9.17) is 4.52 Å². The third-order valence-corrected chi connectivity index (χ3v) is 5.58. The predicted molar refractivity (Wildman–Crippen MR) is 91.5 cm³/mol. The summed E-state index contributed by atoms with van der Waals surface area (Å²) in [6.45, 7) is 1.04.